The van der Waals surface area contributed by atoms with Gasteiger partial charge >= 0.3 is 0 Å². The predicted octanol–water partition coefficient (Wildman–Crippen LogP) is 1.91. The van der Waals surface area contributed by atoms with Crippen LogP contribution in [0, 0.1) is 5.92 Å². The van der Waals surface area contributed by atoms with Crippen molar-refractivity contribution in [2.24, 2.45) is 13.0 Å². The van der Waals surface area contributed by atoms with Gasteiger partial charge in [0.1, 0.15) is 24.1 Å². The van der Waals surface area contributed by atoms with Crippen molar-refractivity contribution in [2.45, 2.75) is 32.9 Å². The number of nitrogens with one attached hydrogen (secondary N) is 2. The molecule has 4 aromatic rings. The molecule has 0 aliphatic carbocycles. The summed E-state index contributed by atoms with van der Waals surface area (Å²) in [5, 5.41) is 7.47. The van der Waals surface area contributed by atoms with Crippen LogP contribution >= 0.6 is 0 Å². The van der Waals surface area contributed by atoms with Crippen molar-refractivity contribution in [1.29, 1.82) is 0 Å². The van der Waals surface area contributed by atoms with E-state index >= 15 is 0 Å². The normalized spacial score (nSPS) is 13.6. The quantitative estimate of drug-likeness (QED) is 0.520. The zero-order valence-electron chi connectivity index (χ0n) is 16.6. The molecule has 1 aromatic carbocycles. The SMILES string of the molecule is CCC(C)C(NC(=O)Cn1cnc2c(cnn2C)c1=O)c1nc2ccccc2[nH]1. The number of carbonyl (C=O) groups excluding carboxylic acids is 1. The van der Waals surface area contributed by atoms with Gasteiger partial charge < -0.3 is 10.3 Å². The lowest BCUT2D eigenvalue weighted by molar-refractivity contribution is -0.122. The molecule has 1 amide bonds. The number of aromatic amines is 1. The molecule has 0 aliphatic rings. The van der Waals surface area contributed by atoms with E-state index in [-0.39, 0.29) is 30.0 Å². The number of carbonyl (C=O) groups is 1. The Hall–Kier alpha value is -3.49. The van der Waals surface area contributed by atoms with E-state index in [1.165, 1.54) is 21.8 Å². The van der Waals surface area contributed by atoms with Gasteiger partial charge in [-0.3, -0.25) is 18.8 Å². The number of aromatic nitrogens is 6. The van der Waals surface area contributed by atoms with Crippen LogP contribution in [0.15, 0.2) is 41.6 Å². The Morgan fingerprint density at radius 3 is 2.86 bits per heavy atom. The second-order valence-electron chi connectivity index (χ2n) is 7.25. The van der Waals surface area contributed by atoms with Gasteiger partial charge in [0.2, 0.25) is 5.91 Å². The van der Waals surface area contributed by atoms with Crippen LogP contribution in [-0.2, 0) is 18.4 Å². The van der Waals surface area contributed by atoms with E-state index in [1.54, 1.807) is 7.05 Å². The number of rotatable bonds is 6. The lowest BCUT2D eigenvalue weighted by Gasteiger charge is -2.22. The number of hydrogen-bond donors (Lipinski definition) is 2. The van der Waals surface area contributed by atoms with Crippen molar-refractivity contribution >= 4 is 28.0 Å². The van der Waals surface area contributed by atoms with Crippen LogP contribution in [-0.4, -0.2) is 35.2 Å². The fraction of sp³-hybridized carbons (Fsp3) is 0.350. The van der Waals surface area contributed by atoms with Gasteiger partial charge in [-0.2, -0.15) is 5.10 Å². The molecule has 0 saturated heterocycles. The standard InChI is InChI=1S/C20H23N7O2/c1-4-12(2)17(18-23-14-7-5-6-8-15(14)24-18)25-16(28)10-27-11-21-19-13(20(27)29)9-22-26(19)3/h5-9,11-12,17H,4,10H2,1-3H3,(H,23,24)(H,25,28). The van der Waals surface area contributed by atoms with Crippen LogP contribution in [0.5, 0.6) is 0 Å². The first-order chi connectivity index (χ1) is 14.0. The maximum absolute atomic E-state index is 12.8. The van der Waals surface area contributed by atoms with E-state index in [0.29, 0.717) is 16.9 Å². The van der Waals surface area contributed by atoms with Crippen LogP contribution in [0.25, 0.3) is 22.1 Å². The third-order valence-corrected chi connectivity index (χ3v) is 5.26. The van der Waals surface area contributed by atoms with Crippen molar-refractivity contribution in [3.05, 3.63) is 53.0 Å². The second kappa shape index (κ2) is 7.50. The number of benzene rings is 1. The van der Waals surface area contributed by atoms with Crippen LogP contribution in [0.4, 0.5) is 0 Å². The summed E-state index contributed by atoms with van der Waals surface area (Å²) >= 11 is 0. The number of amides is 1. The second-order valence-corrected chi connectivity index (χ2v) is 7.25. The molecule has 4 rings (SSSR count). The third kappa shape index (κ3) is 3.51. The molecule has 9 nitrogen and oxygen atoms in total. The summed E-state index contributed by atoms with van der Waals surface area (Å²) in [5.74, 6) is 0.597. The minimum absolute atomic E-state index is 0.121. The van der Waals surface area contributed by atoms with E-state index in [9.17, 15) is 9.59 Å². The molecule has 2 atom stereocenters. The molecule has 29 heavy (non-hydrogen) atoms. The first-order valence-electron chi connectivity index (χ1n) is 9.59. The van der Waals surface area contributed by atoms with Crippen molar-refractivity contribution in [3.8, 4) is 0 Å². The molecule has 2 unspecified atom stereocenters. The maximum Gasteiger partial charge on any atom is 0.264 e. The Kier molecular flexibility index (Phi) is 4.87. The van der Waals surface area contributed by atoms with Crippen LogP contribution in [0.3, 0.4) is 0 Å². The number of nitrogens with zero attached hydrogens (tertiary/aromatic N) is 5. The van der Waals surface area contributed by atoms with Crippen molar-refractivity contribution in [1.82, 2.24) is 34.6 Å². The minimum Gasteiger partial charge on any atom is -0.344 e. The first-order valence-corrected chi connectivity index (χ1v) is 9.59. The molecule has 0 fully saturated rings. The molecule has 0 bridgehead atoms. The highest BCUT2D eigenvalue weighted by atomic mass is 16.2. The highest BCUT2D eigenvalue weighted by Gasteiger charge is 2.24. The Morgan fingerprint density at radius 1 is 1.31 bits per heavy atom. The molecule has 0 saturated carbocycles. The van der Waals surface area contributed by atoms with Gasteiger partial charge in [0.15, 0.2) is 5.65 Å². The number of imidazole rings is 1. The largest absolute Gasteiger partial charge is 0.344 e. The summed E-state index contributed by atoms with van der Waals surface area (Å²) in [7, 11) is 1.72. The van der Waals surface area contributed by atoms with E-state index < -0.39 is 0 Å². The van der Waals surface area contributed by atoms with E-state index in [2.05, 4.69) is 39.2 Å². The summed E-state index contributed by atoms with van der Waals surface area (Å²) < 4.78 is 2.83. The summed E-state index contributed by atoms with van der Waals surface area (Å²) in [6.07, 6.45) is 3.71. The monoisotopic (exact) mass is 393 g/mol. The van der Waals surface area contributed by atoms with E-state index in [4.69, 9.17) is 0 Å². The molecule has 0 radical (unpaired) electrons. The number of fused-ring (bicyclic) bond motifs is 2. The van der Waals surface area contributed by atoms with E-state index in [0.717, 1.165) is 17.5 Å². The average Bonchev–Trinajstić information content (AvgIpc) is 3.31. The smallest absolute Gasteiger partial charge is 0.264 e. The third-order valence-electron chi connectivity index (χ3n) is 5.26. The number of aryl methyl sites for hydroxylation is 1. The zero-order valence-corrected chi connectivity index (χ0v) is 16.6. The molecule has 0 aliphatic heterocycles. The van der Waals surface area contributed by atoms with Gasteiger partial charge in [-0.15, -0.1) is 0 Å². The lowest BCUT2D eigenvalue weighted by atomic mass is 9.98. The molecule has 9 heteroatoms. The topological polar surface area (TPSA) is 110 Å². The molecule has 3 aromatic heterocycles. The molecular weight excluding hydrogens is 370 g/mol. The fourth-order valence-corrected chi connectivity index (χ4v) is 3.39. The first kappa shape index (κ1) is 18.9. The zero-order chi connectivity index (χ0) is 20.5. The summed E-state index contributed by atoms with van der Waals surface area (Å²) in [6, 6.07) is 7.47. The van der Waals surface area contributed by atoms with Gasteiger partial charge in [0.25, 0.3) is 5.56 Å². The average molecular weight is 393 g/mol. The van der Waals surface area contributed by atoms with Gasteiger partial charge in [-0.25, -0.2) is 9.97 Å². The Morgan fingerprint density at radius 2 is 2.10 bits per heavy atom. The number of hydrogen-bond acceptors (Lipinski definition) is 5. The molecular formula is C20H23N7O2. The highest BCUT2D eigenvalue weighted by molar-refractivity contribution is 5.78. The van der Waals surface area contributed by atoms with Crippen molar-refractivity contribution < 1.29 is 4.79 Å². The van der Waals surface area contributed by atoms with Crippen LogP contribution in [0.2, 0.25) is 0 Å². The highest BCUT2D eigenvalue weighted by Crippen LogP contribution is 2.24. The lowest BCUT2D eigenvalue weighted by Crippen LogP contribution is -2.37. The van der Waals surface area contributed by atoms with Crippen molar-refractivity contribution in [2.75, 3.05) is 0 Å². The van der Waals surface area contributed by atoms with E-state index in [1.807, 2.05) is 24.3 Å². The molecule has 2 N–H and O–H groups in total. The Balaban J connectivity index is 1.58. The van der Waals surface area contributed by atoms with Crippen LogP contribution in [0.1, 0.15) is 32.1 Å². The minimum atomic E-state index is -0.290. The molecule has 0 spiro atoms. The summed E-state index contributed by atoms with van der Waals surface area (Å²) in [6.45, 7) is 4.01. The summed E-state index contributed by atoms with van der Waals surface area (Å²) in [4.78, 5) is 37.6. The predicted molar refractivity (Wildman–Crippen MR) is 109 cm³/mol. The van der Waals surface area contributed by atoms with Crippen LogP contribution < -0.4 is 10.9 Å². The van der Waals surface area contributed by atoms with Gasteiger partial charge in [0, 0.05) is 7.05 Å². The van der Waals surface area contributed by atoms with Gasteiger partial charge in [0.05, 0.1) is 23.3 Å². The molecule has 3 heterocycles. The van der Waals surface area contributed by atoms with Gasteiger partial charge in [-0.05, 0) is 18.1 Å². The Labute approximate surface area is 166 Å². The summed E-state index contributed by atoms with van der Waals surface area (Å²) in [5.41, 5.74) is 1.98. The number of para-hydroxylation sites is 2. The Bertz CT molecular complexity index is 1200. The fourth-order valence-electron chi connectivity index (χ4n) is 3.39. The number of H-pyrrole nitrogens is 1. The van der Waals surface area contributed by atoms with Crippen molar-refractivity contribution in [3.63, 3.8) is 0 Å². The molecule has 150 valence electrons. The van der Waals surface area contributed by atoms with Gasteiger partial charge in [-0.1, -0.05) is 32.4 Å². The maximum atomic E-state index is 12.8.